The second-order valence-corrected chi connectivity index (χ2v) is 9.76. The van der Waals surface area contributed by atoms with Gasteiger partial charge in [0, 0.05) is 17.1 Å². The highest BCUT2D eigenvalue weighted by Crippen LogP contribution is 2.37. The Morgan fingerprint density at radius 1 is 1.06 bits per heavy atom. The molecule has 1 amide bonds. The van der Waals surface area contributed by atoms with Gasteiger partial charge in [-0.3, -0.25) is 4.79 Å². The van der Waals surface area contributed by atoms with Crippen molar-refractivity contribution < 1.29 is 9.18 Å². The van der Waals surface area contributed by atoms with Crippen LogP contribution in [0.2, 0.25) is 0 Å². The number of rotatable bonds is 6. The second kappa shape index (κ2) is 9.99. The number of carbonyl (C=O) groups is 1. The van der Waals surface area contributed by atoms with E-state index in [0.29, 0.717) is 28.1 Å². The molecule has 6 nitrogen and oxygen atoms in total. The topological polar surface area (TPSA) is 71.8 Å². The lowest BCUT2D eigenvalue weighted by atomic mass is 9.95. The van der Waals surface area contributed by atoms with Gasteiger partial charge in [0.1, 0.15) is 11.9 Å². The number of aromatic nitrogens is 3. The highest BCUT2D eigenvalue weighted by molar-refractivity contribution is 7.98. The van der Waals surface area contributed by atoms with Crippen molar-refractivity contribution in [1.82, 2.24) is 14.8 Å². The predicted molar refractivity (Wildman–Crippen MR) is 141 cm³/mol. The summed E-state index contributed by atoms with van der Waals surface area (Å²) in [6.45, 7) is 6.02. The van der Waals surface area contributed by atoms with Crippen molar-refractivity contribution in [3.05, 3.63) is 112 Å². The molecule has 0 aliphatic carbocycles. The van der Waals surface area contributed by atoms with E-state index in [-0.39, 0.29) is 11.7 Å². The van der Waals surface area contributed by atoms with Gasteiger partial charge in [0.05, 0.1) is 5.57 Å². The van der Waals surface area contributed by atoms with Crippen LogP contribution in [0.4, 0.5) is 16.0 Å². The molecule has 1 unspecified atom stereocenters. The molecule has 36 heavy (non-hydrogen) atoms. The number of allylic oxidation sites excluding steroid dienone is 1. The van der Waals surface area contributed by atoms with Gasteiger partial charge in [-0.1, -0.05) is 65.9 Å². The average molecular weight is 500 g/mol. The first-order chi connectivity index (χ1) is 17.4. The third-order valence-corrected chi connectivity index (χ3v) is 7.04. The van der Waals surface area contributed by atoms with Crippen LogP contribution in [0.5, 0.6) is 0 Å². The van der Waals surface area contributed by atoms with Crippen LogP contribution in [0.25, 0.3) is 0 Å². The Morgan fingerprint density at radius 3 is 2.56 bits per heavy atom. The summed E-state index contributed by atoms with van der Waals surface area (Å²) >= 11 is 1.54. The Bertz CT molecular complexity index is 1450. The van der Waals surface area contributed by atoms with E-state index < -0.39 is 6.04 Å². The van der Waals surface area contributed by atoms with Gasteiger partial charge in [-0.05, 0) is 61.7 Å². The molecule has 3 aromatic carbocycles. The maximum absolute atomic E-state index is 13.8. The summed E-state index contributed by atoms with van der Waals surface area (Å²) in [5.74, 6) is 0.673. The van der Waals surface area contributed by atoms with E-state index in [1.807, 2.05) is 37.3 Å². The summed E-state index contributed by atoms with van der Waals surface area (Å²) in [5.41, 5.74) is 6.25. The fraction of sp³-hybridized carbons (Fsp3) is 0.179. The predicted octanol–water partition coefficient (Wildman–Crippen LogP) is 6.25. The minimum absolute atomic E-state index is 0.258. The number of anilines is 2. The summed E-state index contributed by atoms with van der Waals surface area (Å²) in [6.07, 6.45) is 0. The van der Waals surface area contributed by atoms with E-state index >= 15 is 0 Å². The minimum Gasteiger partial charge on any atom is -0.328 e. The molecule has 4 aromatic rings. The van der Waals surface area contributed by atoms with Crippen molar-refractivity contribution in [2.45, 2.75) is 37.7 Å². The molecule has 0 bridgehead atoms. The number of hydrogen-bond donors (Lipinski definition) is 2. The van der Waals surface area contributed by atoms with Crippen molar-refractivity contribution >= 4 is 29.3 Å². The number of hydrogen-bond acceptors (Lipinski definition) is 5. The van der Waals surface area contributed by atoms with E-state index in [1.165, 1.54) is 28.8 Å². The van der Waals surface area contributed by atoms with Crippen molar-refractivity contribution in [2.24, 2.45) is 0 Å². The van der Waals surface area contributed by atoms with E-state index in [4.69, 9.17) is 10.1 Å². The average Bonchev–Trinajstić information content (AvgIpc) is 3.27. The van der Waals surface area contributed by atoms with Gasteiger partial charge in [0.15, 0.2) is 0 Å². The Morgan fingerprint density at radius 2 is 1.81 bits per heavy atom. The Hall–Kier alpha value is -3.91. The van der Waals surface area contributed by atoms with Gasteiger partial charge in [-0.2, -0.15) is 4.98 Å². The molecule has 0 radical (unpaired) electrons. The first kappa shape index (κ1) is 23.8. The van der Waals surface area contributed by atoms with Crippen LogP contribution in [0, 0.1) is 19.7 Å². The van der Waals surface area contributed by atoms with Gasteiger partial charge in [-0.15, -0.1) is 5.10 Å². The highest BCUT2D eigenvalue weighted by atomic mass is 32.2. The normalized spacial score (nSPS) is 14.8. The van der Waals surface area contributed by atoms with E-state index in [9.17, 15) is 9.18 Å². The standard InChI is InChI=1S/C28H26FN5OS/c1-17-9-10-18(2)21(15-17)16-36-28-32-27-30-19(3)24(26(35)31-23-7-5-4-6-8-23)25(34(27)33-28)20-11-13-22(29)14-12-20/h4-15,25H,16H2,1-3H3,(H,31,35)(H,30,32,33). The van der Waals surface area contributed by atoms with Crippen LogP contribution < -0.4 is 10.6 Å². The van der Waals surface area contributed by atoms with Crippen molar-refractivity contribution in [2.75, 3.05) is 10.6 Å². The zero-order valence-electron chi connectivity index (χ0n) is 20.2. The number of nitrogens with zero attached hydrogens (tertiary/aromatic N) is 3. The molecule has 0 spiro atoms. The number of nitrogens with one attached hydrogen (secondary N) is 2. The van der Waals surface area contributed by atoms with E-state index in [2.05, 4.69) is 42.7 Å². The lowest BCUT2D eigenvalue weighted by molar-refractivity contribution is -0.113. The maximum Gasteiger partial charge on any atom is 0.255 e. The first-order valence-electron chi connectivity index (χ1n) is 11.6. The van der Waals surface area contributed by atoms with E-state index in [0.717, 1.165) is 11.3 Å². The second-order valence-electron chi connectivity index (χ2n) is 8.82. The third kappa shape index (κ3) is 4.90. The molecule has 2 heterocycles. The van der Waals surface area contributed by atoms with Crippen LogP contribution in [-0.2, 0) is 10.5 Å². The first-order valence-corrected chi connectivity index (χ1v) is 12.6. The van der Waals surface area contributed by atoms with Crippen molar-refractivity contribution in [1.29, 1.82) is 0 Å². The van der Waals surface area contributed by atoms with Crippen molar-refractivity contribution in [3.63, 3.8) is 0 Å². The molecule has 1 atom stereocenters. The molecule has 182 valence electrons. The third-order valence-electron chi connectivity index (χ3n) is 6.16. The SMILES string of the molecule is CC1=C(C(=O)Nc2ccccc2)C(c2ccc(F)cc2)n2nc(SCc3cc(C)ccc3C)nc2N1. The summed E-state index contributed by atoms with van der Waals surface area (Å²) in [7, 11) is 0. The number of carbonyl (C=O) groups excluding carboxylic acids is 1. The van der Waals surface area contributed by atoms with Crippen LogP contribution in [0.3, 0.4) is 0 Å². The summed E-state index contributed by atoms with van der Waals surface area (Å²) in [5, 5.41) is 11.6. The largest absolute Gasteiger partial charge is 0.328 e. The number of amides is 1. The number of fused-ring (bicyclic) bond motifs is 1. The molecule has 0 fully saturated rings. The smallest absolute Gasteiger partial charge is 0.255 e. The lowest BCUT2D eigenvalue weighted by Gasteiger charge is -2.28. The number of thioether (sulfide) groups is 1. The Balaban J connectivity index is 1.49. The van der Waals surface area contributed by atoms with Crippen LogP contribution >= 0.6 is 11.8 Å². The van der Waals surface area contributed by atoms with Crippen molar-refractivity contribution in [3.8, 4) is 0 Å². The molecule has 1 aromatic heterocycles. The zero-order chi connectivity index (χ0) is 25.2. The van der Waals surface area contributed by atoms with Gasteiger partial charge >= 0.3 is 0 Å². The van der Waals surface area contributed by atoms with E-state index in [1.54, 1.807) is 28.6 Å². The molecule has 8 heteroatoms. The van der Waals surface area contributed by atoms with Gasteiger partial charge < -0.3 is 10.6 Å². The Labute approximate surface area is 213 Å². The molecule has 0 saturated heterocycles. The summed E-state index contributed by atoms with van der Waals surface area (Å²) < 4.78 is 15.5. The van der Waals surface area contributed by atoms with Gasteiger partial charge in [0.25, 0.3) is 5.91 Å². The Kier molecular flexibility index (Phi) is 6.61. The molecular formula is C28H26FN5OS. The molecule has 5 rings (SSSR count). The quantitative estimate of drug-likeness (QED) is 0.307. The fourth-order valence-corrected chi connectivity index (χ4v) is 5.15. The molecular weight excluding hydrogens is 473 g/mol. The molecule has 2 N–H and O–H groups in total. The maximum atomic E-state index is 13.8. The highest BCUT2D eigenvalue weighted by Gasteiger charge is 2.34. The number of halogens is 1. The summed E-state index contributed by atoms with van der Waals surface area (Å²) in [4.78, 5) is 18.2. The molecule has 1 aliphatic heterocycles. The minimum atomic E-state index is -0.562. The summed E-state index contributed by atoms with van der Waals surface area (Å²) in [6, 6.07) is 21.3. The number of aryl methyl sites for hydroxylation is 2. The fourth-order valence-electron chi connectivity index (χ4n) is 4.26. The number of benzene rings is 3. The molecule has 0 saturated carbocycles. The molecule has 1 aliphatic rings. The monoisotopic (exact) mass is 499 g/mol. The van der Waals surface area contributed by atoms with Gasteiger partial charge in [-0.25, -0.2) is 9.07 Å². The zero-order valence-corrected chi connectivity index (χ0v) is 21.1. The lowest BCUT2D eigenvalue weighted by Crippen LogP contribution is -2.31. The number of para-hydroxylation sites is 1. The van der Waals surface area contributed by atoms with Crippen LogP contribution in [0.15, 0.2) is 89.2 Å². The van der Waals surface area contributed by atoms with Crippen LogP contribution in [0.1, 0.15) is 35.2 Å². The van der Waals surface area contributed by atoms with Crippen LogP contribution in [-0.4, -0.2) is 20.7 Å². The van der Waals surface area contributed by atoms with Gasteiger partial charge in [0.2, 0.25) is 11.1 Å².